The Bertz CT molecular complexity index is 1360. The van der Waals surface area contributed by atoms with E-state index in [0.717, 1.165) is 15.0 Å². The third kappa shape index (κ3) is 4.63. The van der Waals surface area contributed by atoms with Crippen LogP contribution < -0.4 is 10.6 Å². The lowest BCUT2D eigenvalue weighted by Crippen LogP contribution is -2.23. The second-order valence-electron chi connectivity index (χ2n) is 6.65. The van der Waals surface area contributed by atoms with E-state index in [0.29, 0.717) is 9.36 Å². The molecule has 0 bridgehead atoms. The zero-order valence-corrected chi connectivity index (χ0v) is 19.3. The first kappa shape index (κ1) is 22.3. The minimum atomic E-state index is -1.23. The Balaban J connectivity index is 1.58. The molecule has 0 aliphatic heterocycles. The molecular formula is C22H14Cl2N2O4S2. The van der Waals surface area contributed by atoms with Crippen LogP contribution >= 0.6 is 45.9 Å². The number of hydrogen-bond donors (Lipinski definition) is 3. The van der Waals surface area contributed by atoms with Gasteiger partial charge < -0.3 is 15.7 Å². The van der Waals surface area contributed by atoms with Gasteiger partial charge in [0, 0.05) is 20.5 Å². The van der Waals surface area contributed by atoms with Gasteiger partial charge in [-0.3, -0.25) is 9.59 Å². The van der Waals surface area contributed by atoms with Gasteiger partial charge in [-0.1, -0.05) is 41.4 Å². The van der Waals surface area contributed by atoms with Crippen molar-refractivity contribution in [1.29, 1.82) is 0 Å². The average Bonchev–Trinajstić information content (AvgIpc) is 3.35. The predicted molar refractivity (Wildman–Crippen MR) is 129 cm³/mol. The standard InChI is InChI=1S/C22H14Cl2N2O4S2/c23-17-8-6-12(31-17)10-25-20(27)11-5-7-13(22(29)30)15(9-11)26-21(28)19-18(24)14-3-1-2-4-16(14)32-19/h1-9H,10H2,(H,25,27)(H,26,28)(H,29,30). The van der Waals surface area contributed by atoms with E-state index in [1.165, 1.54) is 40.9 Å². The molecule has 0 saturated heterocycles. The molecule has 0 unspecified atom stereocenters. The van der Waals surface area contributed by atoms with Crippen LogP contribution in [-0.4, -0.2) is 22.9 Å². The number of rotatable bonds is 6. The molecule has 0 radical (unpaired) electrons. The number of hydrogen-bond acceptors (Lipinski definition) is 5. The number of thiophene rings is 2. The van der Waals surface area contributed by atoms with Gasteiger partial charge in [0.05, 0.1) is 27.2 Å². The van der Waals surface area contributed by atoms with Crippen LogP contribution in [0, 0.1) is 0 Å². The number of anilines is 1. The molecule has 0 aliphatic rings. The zero-order valence-electron chi connectivity index (χ0n) is 16.1. The molecule has 4 rings (SSSR count). The number of carboxylic acid groups (broad SMARTS) is 1. The average molecular weight is 505 g/mol. The minimum absolute atomic E-state index is 0.00263. The van der Waals surface area contributed by atoms with Crippen molar-refractivity contribution in [3.63, 3.8) is 0 Å². The Kier molecular flexibility index (Phi) is 6.48. The number of benzene rings is 2. The lowest BCUT2D eigenvalue weighted by molar-refractivity contribution is 0.0697. The summed E-state index contributed by atoms with van der Waals surface area (Å²) >= 11 is 14.8. The van der Waals surface area contributed by atoms with Crippen molar-refractivity contribution in [1.82, 2.24) is 5.32 Å². The van der Waals surface area contributed by atoms with Crippen LogP contribution in [0.25, 0.3) is 10.1 Å². The summed E-state index contributed by atoms with van der Waals surface area (Å²) in [5, 5.41) is 15.9. The van der Waals surface area contributed by atoms with Crippen molar-refractivity contribution < 1.29 is 19.5 Å². The topological polar surface area (TPSA) is 95.5 Å². The van der Waals surface area contributed by atoms with E-state index >= 15 is 0 Å². The number of carbonyl (C=O) groups is 3. The summed E-state index contributed by atoms with van der Waals surface area (Å²) in [6.07, 6.45) is 0. The smallest absolute Gasteiger partial charge is 0.337 e. The number of carbonyl (C=O) groups excluding carboxylic acids is 2. The maximum absolute atomic E-state index is 12.9. The van der Waals surface area contributed by atoms with Gasteiger partial charge in [0.1, 0.15) is 4.88 Å². The van der Waals surface area contributed by atoms with E-state index in [-0.39, 0.29) is 28.2 Å². The van der Waals surface area contributed by atoms with Gasteiger partial charge >= 0.3 is 5.97 Å². The van der Waals surface area contributed by atoms with Crippen molar-refractivity contribution in [2.45, 2.75) is 6.54 Å². The van der Waals surface area contributed by atoms with E-state index in [1.807, 2.05) is 18.2 Å². The SMILES string of the molecule is O=C(NCc1ccc(Cl)s1)c1ccc(C(=O)O)c(NC(=O)c2sc3ccccc3c2Cl)c1. The van der Waals surface area contributed by atoms with E-state index in [9.17, 15) is 19.5 Å². The third-order valence-electron chi connectivity index (χ3n) is 4.55. The Hall–Kier alpha value is -2.91. The van der Waals surface area contributed by atoms with Gasteiger partial charge in [-0.2, -0.15) is 0 Å². The minimum Gasteiger partial charge on any atom is -0.478 e. The molecule has 10 heteroatoms. The molecule has 0 saturated carbocycles. The molecule has 0 aliphatic carbocycles. The third-order valence-corrected chi connectivity index (χ3v) is 7.46. The number of aromatic carboxylic acids is 1. The fourth-order valence-corrected chi connectivity index (χ4v) is 5.47. The van der Waals surface area contributed by atoms with Gasteiger partial charge in [0.15, 0.2) is 0 Å². The maximum Gasteiger partial charge on any atom is 0.337 e. The Morgan fingerprint density at radius 1 is 0.938 bits per heavy atom. The van der Waals surface area contributed by atoms with Crippen molar-refractivity contribution in [3.8, 4) is 0 Å². The number of halogens is 2. The van der Waals surface area contributed by atoms with Crippen LogP contribution in [0.2, 0.25) is 9.36 Å². The molecule has 4 aromatic rings. The first-order valence-electron chi connectivity index (χ1n) is 9.21. The van der Waals surface area contributed by atoms with Crippen LogP contribution in [0.15, 0.2) is 54.6 Å². The summed E-state index contributed by atoms with van der Waals surface area (Å²) in [5.41, 5.74) is 0.0652. The van der Waals surface area contributed by atoms with E-state index in [2.05, 4.69) is 10.6 Å². The lowest BCUT2D eigenvalue weighted by Gasteiger charge is -2.11. The molecule has 162 valence electrons. The molecule has 3 N–H and O–H groups in total. The highest BCUT2D eigenvalue weighted by atomic mass is 35.5. The second-order valence-corrected chi connectivity index (χ2v) is 9.88. The monoisotopic (exact) mass is 504 g/mol. The van der Waals surface area contributed by atoms with Gasteiger partial charge in [-0.25, -0.2) is 4.79 Å². The highest BCUT2D eigenvalue weighted by Crippen LogP contribution is 2.35. The lowest BCUT2D eigenvalue weighted by atomic mass is 10.1. The fraction of sp³-hybridized carbons (Fsp3) is 0.0455. The summed E-state index contributed by atoms with van der Waals surface area (Å²) in [7, 11) is 0. The predicted octanol–water partition coefficient (Wildman–Crippen LogP) is 6.15. The molecule has 2 aromatic carbocycles. The molecule has 2 aromatic heterocycles. The van der Waals surface area contributed by atoms with Crippen LogP contribution in [0.4, 0.5) is 5.69 Å². The molecule has 6 nitrogen and oxygen atoms in total. The number of nitrogens with one attached hydrogen (secondary N) is 2. The maximum atomic E-state index is 12.9. The van der Waals surface area contributed by atoms with E-state index in [1.54, 1.807) is 18.2 Å². The van der Waals surface area contributed by atoms with Gasteiger partial charge in [0.25, 0.3) is 11.8 Å². The highest BCUT2D eigenvalue weighted by molar-refractivity contribution is 7.21. The molecular weight excluding hydrogens is 491 g/mol. The summed E-state index contributed by atoms with van der Waals surface area (Å²) in [4.78, 5) is 38.2. The second kappa shape index (κ2) is 9.30. The largest absolute Gasteiger partial charge is 0.478 e. The summed E-state index contributed by atoms with van der Waals surface area (Å²) in [5.74, 6) is -2.20. The highest BCUT2D eigenvalue weighted by Gasteiger charge is 2.21. The molecule has 2 amide bonds. The van der Waals surface area contributed by atoms with Gasteiger partial charge in [0.2, 0.25) is 0 Å². The quantitative estimate of drug-likeness (QED) is 0.293. The van der Waals surface area contributed by atoms with Crippen molar-refractivity contribution >= 4 is 79.4 Å². The van der Waals surface area contributed by atoms with Gasteiger partial charge in [-0.15, -0.1) is 22.7 Å². The molecule has 2 heterocycles. The van der Waals surface area contributed by atoms with Crippen molar-refractivity contribution in [2.24, 2.45) is 0 Å². The van der Waals surface area contributed by atoms with Crippen LogP contribution in [0.5, 0.6) is 0 Å². The van der Waals surface area contributed by atoms with E-state index < -0.39 is 17.8 Å². The summed E-state index contributed by atoms with van der Waals surface area (Å²) in [6.45, 7) is 0.274. The normalized spacial score (nSPS) is 10.8. The molecule has 32 heavy (non-hydrogen) atoms. The Labute approximate surface area is 200 Å². The van der Waals surface area contributed by atoms with Crippen LogP contribution in [0.3, 0.4) is 0 Å². The zero-order chi connectivity index (χ0) is 22.8. The Morgan fingerprint density at radius 3 is 2.41 bits per heavy atom. The van der Waals surface area contributed by atoms with Crippen molar-refractivity contribution in [2.75, 3.05) is 5.32 Å². The molecule has 0 fully saturated rings. The van der Waals surface area contributed by atoms with Crippen molar-refractivity contribution in [3.05, 3.63) is 84.8 Å². The molecule has 0 spiro atoms. The number of amides is 2. The van der Waals surface area contributed by atoms with Gasteiger partial charge in [-0.05, 0) is 36.4 Å². The summed E-state index contributed by atoms with van der Waals surface area (Å²) in [6, 6.07) is 14.9. The van der Waals surface area contributed by atoms with Crippen LogP contribution in [-0.2, 0) is 6.54 Å². The molecule has 0 atom stereocenters. The first-order chi connectivity index (χ1) is 15.3. The first-order valence-corrected chi connectivity index (χ1v) is 11.6. The summed E-state index contributed by atoms with van der Waals surface area (Å²) < 4.78 is 1.45. The van der Waals surface area contributed by atoms with Crippen LogP contribution in [0.1, 0.15) is 35.3 Å². The fourth-order valence-electron chi connectivity index (χ4n) is 3.03. The van der Waals surface area contributed by atoms with E-state index in [4.69, 9.17) is 23.2 Å². The Morgan fingerprint density at radius 2 is 1.72 bits per heavy atom. The number of fused-ring (bicyclic) bond motifs is 1. The number of carboxylic acids is 1.